The summed E-state index contributed by atoms with van der Waals surface area (Å²) in [6.07, 6.45) is 0. The van der Waals surface area contributed by atoms with Gasteiger partial charge in [-0.05, 0) is 12.1 Å². The molecule has 0 bridgehead atoms. The van der Waals surface area contributed by atoms with Crippen LogP contribution < -0.4 is 16.4 Å². The van der Waals surface area contributed by atoms with Gasteiger partial charge < -0.3 is 16.4 Å². The van der Waals surface area contributed by atoms with Crippen molar-refractivity contribution in [3.63, 3.8) is 0 Å². The average Bonchev–Trinajstić information content (AvgIpc) is 2.62. The zero-order chi connectivity index (χ0) is 10.8. The molecule has 78 valence electrons. The van der Waals surface area contributed by atoms with E-state index in [9.17, 15) is 9.59 Å². The van der Waals surface area contributed by atoms with Gasteiger partial charge in [0.25, 0.3) is 5.91 Å². The van der Waals surface area contributed by atoms with E-state index < -0.39 is 0 Å². The van der Waals surface area contributed by atoms with Crippen LogP contribution >= 0.6 is 0 Å². The molecule has 1 heterocycles. The summed E-state index contributed by atoms with van der Waals surface area (Å²) in [5.74, 6) is -0.364. The number of nitrogens with one attached hydrogen (secondary N) is 2. The maximum Gasteiger partial charge on any atom is 0.251 e. The van der Waals surface area contributed by atoms with Gasteiger partial charge in [-0.2, -0.15) is 0 Å². The lowest BCUT2D eigenvalue weighted by atomic mass is 10.1. The van der Waals surface area contributed by atoms with E-state index in [2.05, 4.69) is 10.6 Å². The molecule has 2 rings (SSSR count). The molecule has 5 heteroatoms. The third kappa shape index (κ3) is 1.69. The third-order valence-electron chi connectivity index (χ3n) is 2.31. The highest BCUT2D eigenvalue weighted by Gasteiger charge is 2.21. The van der Waals surface area contributed by atoms with Gasteiger partial charge in [-0.1, -0.05) is 6.07 Å². The quantitative estimate of drug-likeness (QED) is 0.626. The Hall–Kier alpha value is -1.88. The first-order valence-electron chi connectivity index (χ1n) is 4.62. The van der Waals surface area contributed by atoms with E-state index in [0.717, 1.165) is 5.56 Å². The number of nitrogens with two attached hydrogens (primary N) is 1. The second kappa shape index (κ2) is 3.70. The number of carbonyl (C=O) groups is 2. The number of fused-ring (bicyclic) bond motifs is 1. The number of hydrogen-bond acceptors (Lipinski definition) is 3. The van der Waals surface area contributed by atoms with Crippen molar-refractivity contribution in [1.82, 2.24) is 5.32 Å². The van der Waals surface area contributed by atoms with Crippen molar-refractivity contribution in [3.05, 3.63) is 29.3 Å². The Labute approximate surface area is 86.6 Å². The fourth-order valence-corrected chi connectivity index (χ4v) is 1.57. The predicted molar refractivity (Wildman–Crippen MR) is 55.3 cm³/mol. The van der Waals surface area contributed by atoms with Gasteiger partial charge in [0.15, 0.2) is 0 Å². The molecule has 4 N–H and O–H groups in total. The molecule has 0 unspecified atom stereocenters. The second-order valence-electron chi connectivity index (χ2n) is 3.27. The Morgan fingerprint density at radius 2 is 2.33 bits per heavy atom. The van der Waals surface area contributed by atoms with E-state index in [1.54, 1.807) is 18.2 Å². The molecule has 0 saturated carbocycles. The predicted octanol–water partition coefficient (Wildman–Crippen LogP) is -0.173. The van der Waals surface area contributed by atoms with Crippen LogP contribution in [0.4, 0.5) is 5.69 Å². The summed E-state index contributed by atoms with van der Waals surface area (Å²) in [6.45, 7) is 0.389. The van der Waals surface area contributed by atoms with Crippen LogP contribution in [0.25, 0.3) is 0 Å². The van der Waals surface area contributed by atoms with Crippen LogP contribution in [0, 0.1) is 0 Å². The van der Waals surface area contributed by atoms with Crippen molar-refractivity contribution < 1.29 is 9.59 Å². The average molecular weight is 205 g/mol. The third-order valence-corrected chi connectivity index (χ3v) is 2.31. The van der Waals surface area contributed by atoms with Gasteiger partial charge in [-0.25, -0.2) is 0 Å². The van der Waals surface area contributed by atoms with Gasteiger partial charge in [0.2, 0.25) is 5.91 Å². The summed E-state index contributed by atoms with van der Waals surface area (Å²) in [6, 6.07) is 5.22. The molecule has 1 aromatic carbocycles. The smallest absolute Gasteiger partial charge is 0.251 e. The highest BCUT2D eigenvalue weighted by Crippen LogP contribution is 2.23. The minimum Gasteiger partial charge on any atom is -0.348 e. The summed E-state index contributed by atoms with van der Waals surface area (Å²) in [5, 5.41) is 5.35. The van der Waals surface area contributed by atoms with E-state index in [0.29, 0.717) is 17.8 Å². The second-order valence-corrected chi connectivity index (χ2v) is 3.27. The number of carbonyl (C=O) groups excluding carboxylic acids is 2. The van der Waals surface area contributed by atoms with Crippen LogP contribution in [0.2, 0.25) is 0 Å². The Kier molecular flexibility index (Phi) is 2.39. The normalized spacial score (nSPS) is 13.3. The molecule has 1 aliphatic heterocycles. The molecule has 0 fully saturated rings. The molecule has 0 aromatic heterocycles. The lowest BCUT2D eigenvalue weighted by molar-refractivity contribution is -0.114. The minimum absolute atomic E-state index is 0.0644. The van der Waals surface area contributed by atoms with Crippen LogP contribution in [0.1, 0.15) is 15.9 Å². The number of anilines is 1. The van der Waals surface area contributed by atoms with Crippen molar-refractivity contribution in [3.8, 4) is 0 Å². The fraction of sp³-hybridized carbons (Fsp3) is 0.200. The summed E-state index contributed by atoms with van der Waals surface area (Å²) in [4.78, 5) is 22.4. The monoisotopic (exact) mass is 205 g/mol. The van der Waals surface area contributed by atoms with Gasteiger partial charge in [0.1, 0.15) is 0 Å². The summed E-state index contributed by atoms with van der Waals surface area (Å²) in [7, 11) is 0. The van der Waals surface area contributed by atoms with Crippen LogP contribution in [-0.2, 0) is 11.3 Å². The Morgan fingerprint density at radius 3 is 3.07 bits per heavy atom. The SMILES string of the molecule is NCC(=O)Nc1cccc2c1CNC2=O. The molecule has 0 aliphatic carbocycles. The zero-order valence-corrected chi connectivity index (χ0v) is 8.04. The molecule has 1 aliphatic rings. The minimum atomic E-state index is -0.261. The highest BCUT2D eigenvalue weighted by molar-refractivity contribution is 6.02. The molecular weight excluding hydrogens is 194 g/mol. The number of benzene rings is 1. The zero-order valence-electron chi connectivity index (χ0n) is 8.04. The Bertz CT molecular complexity index is 429. The van der Waals surface area contributed by atoms with Crippen molar-refractivity contribution >= 4 is 17.5 Å². The largest absolute Gasteiger partial charge is 0.348 e. The lowest BCUT2D eigenvalue weighted by Gasteiger charge is -2.07. The van der Waals surface area contributed by atoms with Crippen LogP contribution in [0.15, 0.2) is 18.2 Å². The number of amides is 2. The van der Waals surface area contributed by atoms with E-state index in [1.807, 2.05) is 0 Å². The van der Waals surface area contributed by atoms with Crippen LogP contribution in [0.5, 0.6) is 0 Å². The summed E-state index contributed by atoms with van der Waals surface area (Å²) < 4.78 is 0. The molecule has 15 heavy (non-hydrogen) atoms. The molecule has 2 amide bonds. The lowest BCUT2D eigenvalue weighted by Crippen LogP contribution is -2.22. The van der Waals surface area contributed by atoms with Crippen LogP contribution in [-0.4, -0.2) is 18.4 Å². The van der Waals surface area contributed by atoms with Gasteiger partial charge in [0, 0.05) is 23.4 Å². The Balaban J connectivity index is 2.34. The maximum atomic E-state index is 11.3. The molecular formula is C10H11N3O2. The molecule has 0 saturated heterocycles. The molecule has 0 radical (unpaired) electrons. The first kappa shape index (κ1) is 9.67. The molecule has 1 aromatic rings. The highest BCUT2D eigenvalue weighted by atomic mass is 16.2. The van der Waals surface area contributed by atoms with Gasteiger partial charge in [-0.15, -0.1) is 0 Å². The topological polar surface area (TPSA) is 84.2 Å². The number of hydrogen-bond donors (Lipinski definition) is 3. The molecule has 0 atom stereocenters. The standard InChI is InChI=1S/C10H11N3O2/c11-4-9(14)13-8-3-1-2-6-7(8)5-12-10(6)15/h1-3H,4-5,11H2,(H,12,15)(H,13,14). The van der Waals surface area contributed by atoms with Crippen LogP contribution in [0.3, 0.4) is 0 Å². The van der Waals surface area contributed by atoms with E-state index >= 15 is 0 Å². The van der Waals surface area contributed by atoms with E-state index in [1.165, 1.54) is 0 Å². The van der Waals surface area contributed by atoms with Crippen molar-refractivity contribution in [2.75, 3.05) is 11.9 Å². The van der Waals surface area contributed by atoms with Gasteiger partial charge in [-0.3, -0.25) is 9.59 Å². The van der Waals surface area contributed by atoms with Crippen molar-refractivity contribution in [1.29, 1.82) is 0 Å². The fourth-order valence-electron chi connectivity index (χ4n) is 1.57. The Morgan fingerprint density at radius 1 is 1.53 bits per heavy atom. The molecule has 5 nitrogen and oxygen atoms in total. The van der Waals surface area contributed by atoms with E-state index in [-0.39, 0.29) is 18.4 Å². The van der Waals surface area contributed by atoms with Gasteiger partial charge in [0.05, 0.1) is 6.54 Å². The van der Waals surface area contributed by atoms with Crippen molar-refractivity contribution in [2.24, 2.45) is 5.73 Å². The molecule has 0 spiro atoms. The van der Waals surface area contributed by atoms with Crippen molar-refractivity contribution in [2.45, 2.75) is 6.54 Å². The maximum absolute atomic E-state index is 11.3. The number of rotatable bonds is 2. The first-order valence-corrected chi connectivity index (χ1v) is 4.62. The van der Waals surface area contributed by atoms with Gasteiger partial charge >= 0.3 is 0 Å². The van der Waals surface area contributed by atoms with E-state index in [4.69, 9.17) is 5.73 Å². The summed E-state index contributed by atoms with van der Waals surface area (Å²) >= 11 is 0. The summed E-state index contributed by atoms with van der Waals surface area (Å²) in [5.41, 5.74) is 7.29. The first-order chi connectivity index (χ1) is 7.22.